The monoisotopic (exact) mass is 477 g/mol. The quantitative estimate of drug-likeness (QED) is 0.503. The van der Waals surface area contributed by atoms with Gasteiger partial charge in [-0.05, 0) is 60.7 Å². The fourth-order valence-electron chi connectivity index (χ4n) is 4.68. The fraction of sp³-hybridized carbons (Fsp3) is 0.320. The largest absolute Gasteiger partial charge is 0.478 e. The number of carboxylic acid groups (broad SMARTS) is 1. The lowest BCUT2D eigenvalue weighted by Crippen LogP contribution is -2.42. The van der Waals surface area contributed by atoms with Crippen LogP contribution in [0.3, 0.4) is 0 Å². The maximum absolute atomic E-state index is 11.3. The molecule has 4 heterocycles. The van der Waals surface area contributed by atoms with Gasteiger partial charge in [-0.3, -0.25) is 9.88 Å². The van der Waals surface area contributed by atoms with Crippen molar-refractivity contribution in [3.63, 3.8) is 0 Å². The average Bonchev–Trinajstić information content (AvgIpc) is 3.48. The maximum atomic E-state index is 11.3. The summed E-state index contributed by atoms with van der Waals surface area (Å²) in [5, 5.41) is 13.5. The van der Waals surface area contributed by atoms with Gasteiger partial charge in [0.25, 0.3) is 0 Å². The van der Waals surface area contributed by atoms with E-state index in [-0.39, 0.29) is 17.6 Å². The molecule has 0 spiro atoms. The molecular weight excluding hydrogens is 450 g/mol. The van der Waals surface area contributed by atoms with Gasteiger partial charge in [0.05, 0.1) is 36.6 Å². The molecule has 2 aliphatic heterocycles. The lowest BCUT2D eigenvalue weighted by molar-refractivity contribution is 0.0349. The Morgan fingerprint density at radius 1 is 1.09 bits per heavy atom. The van der Waals surface area contributed by atoms with E-state index in [9.17, 15) is 9.90 Å². The maximum Gasteiger partial charge on any atom is 0.335 e. The van der Waals surface area contributed by atoms with Gasteiger partial charge < -0.3 is 24.6 Å². The zero-order valence-corrected chi connectivity index (χ0v) is 19.5. The molecular formula is C25H27N5O3S. The summed E-state index contributed by atoms with van der Waals surface area (Å²) in [7, 11) is 0. The van der Waals surface area contributed by atoms with E-state index in [1.54, 1.807) is 18.3 Å². The average molecular weight is 478 g/mol. The number of carbonyl (C=O) groups is 1. The third-order valence-electron chi connectivity index (χ3n) is 6.43. The zero-order valence-electron chi connectivity index (χ0n) is 18.7. The third kappa shape index (κ3) is 4.54. The van der Waals surface area contributed by atoms with Gasteiger partial charge in [0.2, 0.25) is 0 Å². The number of aromatic carboxylic acids is 1. The summed E-state index contributed by atoms with van der Waals surface area (Å²) >= 11 is 5.81. The molecule has 1 aromatic carbocycles. The molecule has 2 atom stereocenters. The molecule has 2 N–H and O–H groups in total. The van der Waals surface area contributed by atoms with E-state index in [1.807, 2.05) is 42.6 Å². The molecule has 34 heavy (non-hydrogen) atoms. The Labute approximate surface area is 203 Å². The number of hydrogen-bond acceptors (Lipinski definition) is 5. The Hall–Kier alpha value is -3.27. The Morgan fingerprint density at radius 3 is 2.59 bits per heavy atom. The molecule has 0 bridgehead atoms. The number of nitrogens with one attached hydrogen (secondary N) is 1. The molecule has 9 heteroatoms. The van der Waals surface area contributed by atoms with Crippen LogP contribution >= 0.6 is 12.2 Å². The first-order valence-electron chi connectivity index (χ1n) is 11.4. The SMILES string of the molecule is O=C(O)c1ccc(-n2cccc2[C@@H]2[C@@H](c3ccccn3)NC(=S)N2CCN2CCOCC2)cc1. The number of aromatic nitrogens is 2. The molecule has 0 radical (unpaired) electrons. The van der Waals surface area contributed by atoms with Crippen LogP contribution in [0.25, 0.3) is 5.69 Å². The molecule has 2 fully saturated rings. The van der Waals surface area contributed by atoms with E-state index in [1.165, 1.54) is 0 Å². The van der Waals surface area contributed by atoms with Crippen LogP contribution in [-0.2, 0) is 4.74 Å². The van der Waals surface area contributed by atoms with Crippen molar-refractivity contribution < 1.29 is 14.6 Å². The minimum atomic E-state index is -0.936. The topological polar surface area (TPSA) is 82.9 Å². The van der Waals surface area contributed by atoms with Gasteiger partial charge in [0.1, 0.15) is 0 Å². The highest BCUT2D eigenvalue weighted by Crippen LogP contribution is 2.39. The second-order valence-electron chi connectivity index (χ2n) is 8.43. The van der Waals surface area contributed by atoms with Crippen molar-refractivity contribution in [3.8, 4) is 5.69 Å². The summed E-state index contributed by atoms with van der Waals surface area (Å²) in [6.07, 6.45) is 3.80. The van der Waals surface area contributed by atoms with E-state index in [0.717, 1.165) is 56.5 Å². The molecule has 2 aromatic heterocycles. The van der Waals surface area contributed by atoms with Crippen molar-refractivity contribution in [2.24, 2.45) is 0 Å². The minimum Gasteiger partial charge on any atom is -0.478 e. The van der Waals surface area contributed by atoms with Gasteiger partial charge in [0, 0.05) is 50.0 Å². The Balaban J connectivity index is 1.49. The minimum absolute atomic E-state index is 0.0717. The van der Waals surface area contributed by atoms with Crippen LogP contribution in [0, 0.1) is 0 Å². The van der Waals surface area contributed by atoms with Gasteiger partial charge in [-0.1, -0.05) is 6.07 Å². The van der Waals surface area contributed by atoms with Crippen molar-refractivity contribution >= 4 is 23.3 Å². The number of thiocarbonyl (C=S) groups is 1. The predicted octanol–water partition coefficient (Wildman–Crippen LogP) is 2.88. The number of ether oxygens (including phenoxy) is 1. The van der Waals surface area contributed by atoms with E-state index in [4.69, 9.17) is 17.0 Å². The molecule has 2 aliphatic rings. The van der Waals surface area contributed by atoms with Crippen LogP contribution in [0.1, 0.15) is 33.8 Å². The van der Waals surface area contributed by atoms with Crippen LogP contribution in [0.4, 0.5) is 0 Å². The summed E-state index contributed by atoms with van der Waals surface area (Å²) < 4.78 is 7.59. The first-order chi connectivity index (χ1) is 16.6. The molecule has 176 valence electrons. The highest BCUT2D eigenvalue weighted by Gasteiger charge is 2.41. The summed E-state index contributed by atoms with van der Waals surface area (Å²) in [6.45, 7) is 5.05. The lowest BCUT2D eigenvalue weighted by Gasteiger charge is -2.32. The van der Waals surface area contributed by atoms with Crippen molar-refractivity contribution in [1.82, 2.24) is 24.7 Å². The first-order valence-corrected chi connectivity index (χ1v) is 11.8. The Morgan fingerprint density at radius 2 is 1.88 bits per heavy atom. The highest BCUT2D eigenvalue weighted by molar-refractivity contribution is 7.80. The van der Waals surface area contributed by atoms with Gasteiger partial charge >= 0.3 is 5.97 Å². The normalized spacial score (nSPS) is 20.9. The molecule has 8 nitrogen and oxygen atoms in total. The Bertz CT molecular complexity index is 1140. The highest BCUT2D eigenvalue weighted by atomic mass is 32.1. The van der Waals surface area contributed by atoms with Crippen molar-refractivity contribution in [1.29, 1.82) is 0 Å². The van der Waals surface area contributed by atoms with Crippen LogP contribution in [-0.4, -0.2) is 74.9 Å². The first kappa shape index (κ1) is 22.5. The number of carboxylic acids is 1. The zero-order chi connectivity index (χ0) is 23.5. The number of rotatable bonds is 7. The van der Waals surface area contributed by atoms with Crippen LogP contribution < -0.4 is 5.32 Å². The molecule has 0 saturated carbocycles. The number of morpholine rings is 1. The van der Waals surface area contributed by atoms with Crippen LogP contribution in [0.15, 0.2) is 67.0 Å². The number of hydrogen-bond donors (Lipinski definition) is 2. The molecule has 2 saturated heterocycles. The summed E-state index contributed by atoms with van der Waals surface area (Å²) in [5.74, 6) is -0.936. The van der Waals surface area contributed by atoms with Crippen molar-refractivity contribution in [2.45, 2.75) is 12.1 Å². The predicted molar refractivity (Wildman–Crippen MR) is 132 cm³/mol. The lowest BCUT2D eigenvalue weighted by atomic mass is 10.0. The number of benzene rings is 1. The molecule has 0 aliphatic carbocycles. The summed E-state index contributed by atoms with van der Waals surface area (Å²) in [6, 6.07) is 16.8. The second-order valence-corrected chi connectivity index (χ2v) is 8.82. The van der Waals surface area contributed by atoms with E-state index in [2.05, 4.69) is 30.7 Å². The molecule has 5 rings (SSSR count). The van der Waals surface area contributed by atoms with Gasteiger partial charge in [-0.15, -0.1) is 0 Å². The summed E-state index contributed by atoms with van der Waals surface area (Å²) in [4.78, 5) is 20.6. The smallest absolute Gasteiger partial charge is 0.335 e. The van der Waals surface area contributed by atoms with E-state index in [0.29, 0.717) is 5.11 Å². The third-order valence-corrected chi connectivity index (χ3v) is 6.79. The van der Waals surface area contributed by atoms with E-state index >= 15 is 0 Å². The Kier molecular flexibility index (Phi) is 6.57. The van der Waals surface area contributed by atoms with Crippen LogP contribution in [0.2, 0.25) is 0 Å². The summed E-state index contributed by atoms with van der Waals surface area (Å²) in [5.41, 5.74) is 3.15. The van der Waals surface area contributed by atoms with Gasteiger partial charge in [-0.2, -0.15) is 0 Å². The van der Waals surface area contributed by atoms with Crippen molar-refractivity contribution in [3.05, 3.63) is 83.9 Å². The van der Waals surface area contributed by atoms with Gasteiger partial charge in [0.15, 0.2) is 5.11 Å². The molecule has 0 unspecified atom stereocenters. The van der Waals surface area contributed by atoms with Crippen LogP contribution in [0.5, 0.6) is 0 Å². The number of pyridine rings is 1. The number of nitrogens with zero attached hydrogens (tertiary/aromatic N) is 4. The van der Waals surface area contributed by atoms with Gasteiger partial charge in [-0.25, -0.2) is 4.79 Å². The second kappa shape index (κ2) is 9.92. The standard InChI is InChI=1S/C25H27N5O3S/c31-24(32)18-6-8-19(9-7-18)29-11-3-5-21(29)23-22(20-4-1-2-10-26-20)27-25(34)30(23)13-12-28-14-16-33-17-15-28/h1-11,22-23H,12-17H2,(H,27,34)(H,31,32)/t22-,23-/m1/s1. The molecule has 0 amide bonds. The molecule has 3 aromatic rings. The van der Waals surface area contributed by atoms with E-state index < -0.39 is 5.97 Å². The van der Waals surface area contributed by atoms with Crippen molar-refractivity contribution in [2.75, 3.05) is 39.4 Å². The fourth-order valence-corrected chi connectivity index (χ4v) is 5.01.